The Kier molecular flexibility index (Phi) is 2.98. The Labute approximate surface area is 149 Å². The van der Waals surface area contributed by atoms with E-state index in [0.29, 0.717) is 17.9 Å². The standard InChI is InChI=1S/C19H18N6O/c1-11(26)19(5-6-19)10-25-9-14-13-3-2-12(15-4-7-21-23-15)8-16(13)22-18(20)17(14)24-25/h2-4,7-9H,5-6,10H2,1H3,(H2,20,22)(H,21,23). The van der Waals surface area contributed by atoms with Gasteiger partial charge in [-0.3, -0.25) is 14.6 Å². The average Bonchev–Trinajstić information content (AvgIpc) is 3.05. The van der Waals surface area contributed by atoms with Crippen LogP contribution >= 0.6 is 0 Å². The maximum Gasteiger partial charge on any atom is 0.152 e. The number of carbonyl (C=O) groups excluding carboxylic acids is 1. The third-order valence-electron chi connectivity index (χ3n) is 5.39. The summed E-state index contributed by atoms with van der Waals surface area (Å²) in [5.41, 5.74) is 9.26. The molecular weight excluding hydrogens is 328 g/mol. The largest absolute Gasteiger partial charge is 0.382 e. The lowest BCUT2D eigenvalue weighted by Crippen LogP contribution is -2.19. The van der Waals surface area contributed by atoms with Crippen molar-refractivity contribution in [2.75, 3.05) is 5.73 Å². The molecule has 3 aromatic heterocycles. The van der Waals surface area contributed by atoms with E-state index in [2.05, 4.69) is 20.3 Å². The Balaban J connectivity index is 1.64. The number of nitrogen functional groups attached to an aromatic ring is 1. The minimum atomic E-state index is -0.243. The molecule has 0 bridgehead atoms. The number of nitrogens with two attached hydrogens (primary N) is 1. The summed E-state index contributed by atoms with van der Waals surface area (Å²) in [6.45, 7) is 2.27. The molecule has 5 rings (SSSR count). The van der Waals surface area contributed by atoms with Crippen LogP contribution in [0, 0.1) is 5.41 Å². The second-order valence-electron chi connectivity index (χ2n) is 7.11. The first kappa shape index (κ1) is 15.1. The van der Waals surface area contributed by atoms with Crippen LogP contribution in [0.1, 0.15) is 19.8 Å². The van der Waals surface area contributed by atoms with Crippen LogP contribution < -0.4 is 5.73 Å². The molecular formula is C19H18N6O. The zero-order chi connectivity index (χ0) is 17.9. The molecule has 1 fully saturated rings. The number of aromatic nitrogens is 5. The molecule has 7 nitrogen and oxygen atoms in total. The lowest BCUT2D eigenvalue weighted by molar-refractivity contribution is -0.122. The molecule has 3 N–H and O–H groups in total. The van der Waals surface area contributed by atoms with E-state index < -0.39 is 0 Å². The second-order valence-corrected chi connectivity index (χ2v) is 7.11. The van der Waals surface area contributed by atoms with Crippen molar-refractivity contribution in [3.05, 3.63) is 36.7 Å². The molecule has 1 aliphatic rings. The van der Waals surface area contributed by atoms with Gasteiger partial charge in [0, 0.05) is 34.1 Å². The predicted molar refractivity (Wildman–Crippen MR) is 99.4 cm³/mol. The highest BCUT2D eigenvalue weighted by atomic mass is 16.1. The summed E-state index contributed by atoms with van der Waals surface area (Å²) in [5.74, 6) is 0.634. The number of benzene rings is 1. The fourth-order valence-electron chi connectivity index (χ4n) is 3.59. The Morgan fingerprint density at radius 2 is 2.15 bits per heavy atom. The van der Waals surface area contributed by atoms with Crippen molar-refractivity contribution in [3.63, 3.8) is 0 Å². The Morgan fingerprint density at radius 1 is 1.31 bits per heavy atom. The molecule has 4 aromatic rings. The molecule has 1 saturated carbocycles. The van der Waals surface area contributed by atoms with Gasteiger partial charge < -0.3 is 5.73 Å². The summed E-state index contributed by atoms with van der Waals surface area (Å²) >= 11 is 0. The maximum atomic E-state index is 11.9. The average molecular weight is 346 g/mol. The van der Waals surface area contributed by atoms with Gasteiger partial charge in [-0.25, -0.2) is 4.98 Å². The molecule has 7 heteroatoms. The number of Topliss-reactive ketones (excluding diaryl/α,β-unsaturated/α-hetero) is 1. The smallest absolute Gasteiger partial charge is 0.152 e. The quantitative estimate of drug-likeness (QED) is 0.591. The van der Waals surface area contributed by atoms with Gasteiger partial charge in [0.2, 0.25) is 0 Å². The summed E-state index contributed by atoms with van der Waals surface area (Å²) in [6, 6.07) is 7.94. The number of hydrogen-bond acceptors (Lipinski definition) is 5. The lowest BCUT2D eigenvalue weighted by atomic mass is 10.0. The van der Waals surface area contributed by atoms with Crippen LogP contribution in [0.15, 0.2) is 36.7 Å². The summed E-state index contributed by atoms with van der Waals surface area (Å²) in [5, 5.41) is 13.6. The first-order valence-corrected chi connectivity index (χ1v) is 8.63. The number of rotatable bonds is 4. The molecule has 1 aliphatic carbocycles. The number of fused-ring (bicyclic) bond motifs is 3. The first-order valence-electron chi connectivity index (χ1n) is 8.63. The highest BCUT2D eigenvalue weighted by molar-refractivity contribution is 6.08. The molecule has 0 saturated heterocycles. The number of carbonyl (C=O) groups is 1. The molecule has 26 heavy (non-hydrogen) atoms. The number of H-pyrrole nitrogens is 1. The maximum absolute atomic E-state index is 11.9. The summed E-state index contributed by atoms with van der Waals surface area (Å²) in [6.07, 6.45) is 5.63. The number of nitrogens with zero attached hydrogens (tertiary/aromatic N) is 4. The van der Waals surface area contributed by atoms with E-state index >= 15 is 0 Å². The highest BCUT2D eigenvalue weighted by Crippen LogP contribution is 2.48. The molecule has 0 amide bonds. The van der Waals surface area contributed by atoms with Crippen molar-refractivity contribution >= 4 is 33.4 Å². The Hall–Kier alpha value is -3.22. The zero-order valence-corrected chi connectivity index (χ0v) is 14.4. The topological polar surface area (TPSA) is 102 Å². The van der Waals surface area contributed by atoms with Crippen LogP contribution in [-0.2, 0) is 11.3 Å². The Bertz CT molecular complexity index is 1150. The van der Waals surface area contributed by atoms with Crippen molar-refractivity contribution in [1.82, 2.24) is 25.0 Å². The van der Waals surface area contributed by atoms with Gasteiger partial charge in [-0.15, -0.1) is 0 Å². The molecule has 0 atom stereocenters. The fraction of sp³-hybridized carbons (Fsp3) is 0.263. The third kappa shape index (κ3) is 2.20. The minimum absolute atomic E-state index is 0.233. The van der Waals surface area contributed by atoms with Crippen LogP contribution in [-0.4, -0.2) is 30.7 Å². The van der Waals surface area contributed by atoms with Crippen LogP contribution in [0.2, 0.25) is 0 Å². The first-order chi connectivity index (χ1) is 12.6. The predicted octanol–water partition coefficient (Wildman–Crippen LogP) is 2.93. The Morgan fingerprint density at radius 3 is 2.85 bits per heavy atom. The molecule has 0 unspecified atom stereocenters. The summed E-state index contributed by atoms with van der Waals surface area (Å²) < 4.78 is 1.85. The van der Waals surface area contributed by atoms with E-state index in [0.717, 1.165) is 40.4 Å². The van der Waals surface area contributed by atoms with Crippen molar-refractivity contribution in [2.24, 2.45) is 5.41 Å². The number of anilines is 1. The molecule has 130 valence electrons. The molecule has 0 radical (unpaired) electrons. The van der Waals surface area contributed by atoms with Crippen LogP contribution in [0.25, 0.3) is 33.1 Å². The van der Waals surface area contributed by atoms with Gasteiger partial charge in [-0.2, -0.15) is 10.2 Å². The van der Waals surface area contributed by atoms with Gasteiger partial charge in [0.05, 0.1) is 17.8 Å². The van der Waals surface area contributed by atoms with E-state index in [1.54, 1.807) is 13.1 Å². The third-order valence-corrected chi connectivity index (χ3v) is 5.39. The summed E-state index contributed by atoms with van der Waals surface area (Å²) in [4.78, 5) is 16.4. The van der Waals surface area contributed by atoms with Crippen LogP contribution in [0.5, 0.6) is 0 Å². The van der Waals surface area contributed by atoms with Gasteiger partial charge in [-0.05, 0) is 31.9 Å². The fourth-order valence-corrected chi connectivity index (χ4v) is 3.59. The van der Waals surface area contributed by atoms with Gasteiger partial charge in [-0.1, -0.05) is 12.1 Å². The number of nitrogens with one attached hydrogen (secondary N) is 1. The second kappa shape index (κ2) is 5.14. The van der Waals surface area contributed by atoms with Crippen LogP contribution in [0.4, 0.5) is 5.82 Å². The molecule has 3 heterocycles. The molecule has 0 aliphatic heterocycles. The van der Waals surface area contributed by atoms with Gasteiger partial charge in [0.1, 0.15) is 11.3 Å². The van der Waals surface area contributed by atoms with Crippen LogP contribution in [0.3, 0.4) is 0 Å². The van der Waals surface area contributed by atoms with Crippen molar-refractivity contribution < 1.29 is 4.79 Å². The number of pyridine rings is 1. The number of hydrogen-bond donors (Lipinski definition) is 2. The van der Waals surface area contributed by atoms with E-state index in [-0.39, 0.29) is 11.2 Å². The number of ketones is 1. The van der Waals surface area contributed by atoms with Gasteiger partial charge in [0.15, 0.2) is 5.82 Å². The van der Waals surface area contributed by atoms with E-state index in [1.165, 1.54) is 0 Å². The lowest BCUT2D eigenvalue weighted by Gasteiger charge is -2.10. The number of aromatic amines is 1. The van der Waals surface area contributed by atoms with Crippen molar-refractivity contribution in [1.29, 1.82) is 0 Å². The summed E-state index contributed by atoms with van der Waals surface area (Å²) in [7, 11) is 0. The van der Waals surface area contributed by atoms with E-state index in [1.807, 2.05) is 35.1 Å². The normalized spacial score (nSPS) is 15.6. The van der Waals surface area contributed by atoms with Gasteiger partial charge in [0.25, 0.3) is 0 Å². The van der Waals surface area contributed by atoms with Crippen molar-refractivity contribution in [2.45, 2.75) is 26.3 Å². The van der Waals surface area contributed by atoms with E-state index in [4.69, 9.17) is 5.73 Å². The highest BCUT2D eigenvalue weighted by Gasteiger charge is 2.47. The molecule has 0 spiro atoms. The monoisotopic (exact) mass is 346 g/mol. The SMILES string of the molecule is CC(=O)C1(Cn2cc3c(n2)c(N)nc2cc(-c4cc[nH]n4)ccc23)CC1. The minimum Gasteiger partial charge on any atom is -0.382 e. The van der Waals surface area contributed by atoms with E-state index in [9.17, 15) is 4.79 Å². The van der Waals surface area contributed by atoms with Gasteiger partial charge >= 0.3 is 0 Å². The molecule has 1 aromatic carbocycles. The zero-order valence-electron chi connectivity index (χ0n) is 14.4. The van der Waals surface area contributed by atoms with Crippen molar-refractivity contribution in [3.8, 4) is 11.3 Å².